The predicted octanol–water partition coefficient (Wildman–Crippen LogP) is 0.538. The minimum absolute atomic E-state index is 0.00389. The number of likely N-dealkylation sites (N-methyl/N-ethyl adjacent to an activating group) is 1. The van der Waals surface area contributed by atoms with E-state index in [-0.39, 0.29) is 29.6 Å². The number of rotatable bonds is 8. The lowest BCUT2D eigenvalue weighted by molar-refractivity contribution is -0.169. The third kappa shape index (κ3) is 5.65. The molecule has 2 heterocycles. The molecular formula is C17H29NO7S. The van der Waals surface area contributed by atoms with E-state index in [1.165, 1.54) is 11.8 Å². The maximum atomic E-state index is 12.6. The Morgan fingerprint density at radius 2 is 1.96 bits per heavy atom. The van der Waals surface area contributed by atoms with Crippen molar-refractivity contribution in [3.8, 4) is 0 Å². The number of carbonyl (C=O) groups is 2. The van der Waals surface area contributed by atoms with Gasteiger partial charge in [-0.3, -0.25) is 4.79 Å². The van der Waals surface area contributed by atoms with Gasteiger partial charge in [-0.25, -0.2) is 13.2 Å². The van der Waals surface area contributed by atoms with E-state index in [0.717, 1.165) is 12.8 Å². The van der Waals surface area contributed by atoms with Crippen molar-refractivity contribution >= 4 is 21.7 Å². The number of ether oxygens (including phenoxy) is 3. The maximum Gasteiger partial charge on any atom is 0.335 e. The average molecular weight is 391 g/mol. The van der Waals surface area contributed by atoms with Gasteiger partial charge in [0.05, 0.1) is 24.2 Å². The summed E-state index contributed by atoms with van der Waals surface area (Å²) in [4.78, 5) is 26.2. The van der Waals surface area contributed by atoms with Crippen LogP contribution in [0.2, 0.25) is 0 Å². The van der Waals surface area contributed by atoms with Crippen LogP contribution in [0.1, 0.15) is 40.0 Å². The molecule has 4 atom stereocenters. The molecule has 2 rings (SSSR count). The summed E-state index contributed by atoms with van der Waals surface area (Å²) in [5, 5.41) is 0. The van der Waals surface area contributed by atoms with Crippen molar-refractivity contribution in [2.75, 3.05) is 31.3 Å². The van der Waals surface area contributed by atoms with Crippen molar-refractivity contribution in [3.63, 3.8) is 0 Å². The first-order chi connectivity index (χ1) is 12.2. The fourth-order valence-electron chi connectivity index (χ4n) is 3.26. The lowest BCUT2D eigenvalue weighted by Gasteiger charge is -2.29. The van der Waals surface area contributed by atoms with Crippen LogP contribution < -0.4 is 0 Å². The average Bonchev–Trinajstić information content (AvgIpc) is 3.22. The molecule has 0 spiro atoms. The fourth-order valence-corrected chi connectivity index (χ4v) is 5.00. The lowest BCUT2D eigenvalue weighted by atomic mass is 10.2. The minimum atomic E-state index is -3.10. The molecule has 2 fully saturated rings. The SMILES string of the molecule is CCN(C(=O)C(C)OC(=O)C(C)OCC1CCCO1)C1CCS(=O)(=O)C1. The molecule has 4 unspecified atom stereocenters. The summed E-state index contributed by atoms with van der Waals surface area (Å²) < 4.78 is 39.5. The van der Waals surface area contributed by atoms with Gasteiger partial charge >= 0.3 is 5.97 Å². The van der Waals surface area contributed by atoms with Crippen molar-refractivity contribution in [1.29, 1.82) is 0 Å². The number of nitrogens with zero attached hydrogens (tertiary/aromatic N) is 1. The van der Waals surface area contributed by atoms with Crippen LogP contribution in [0.3, 0.4) is 0 Å². The number of esters is 1. The van der Waals surface area contributed by atoms with Crippen molar-refractivity contribution in [2.45, 2.75) is 64.4 Å². The van der Waals surface area contributed by atoms with Gasteiger partial charge in [-0.1, -0.05) is 0 Å². The topological polar surface area (TPSA) is 99.2 Å². The van der Waals surface area contributed by atoms with E-state index >= 15 is 0 Å². The highest BCUT2D eigenvalue weighted by molar-refractivity contribution is 7.91. The quantitative estimate of drug-likeness (QED) is 0.557. The summed E-state index contributed by atoms with van der Waals surface area (Å²) in [7, 11) is -3.10. The summed E-state index contributed by atoms with van der Waals surface area (Å²) >= 11 is 0. The first-order valence-corrected chi connectivity index (χ1v) is 11.0. The summed E-state index contributed by atoms with van der Waals surface area (Å²) in [6, 6.07) is -0.355. The second-order valence-electron chi connectivity index (χ2n) is 6.87. The van der Waals surface area contributed by atoms with Gasteiger partial charge in [0, 0.05) is 19.2 Å². The highest BCUT2D eigenvalue weighted by Gasteiger charge is 2.36. The van der Waals surface area contributed by atoms with E-state index in [1.54, 1.807) is 13.8 Å². The molecule has 0 aromatic carbocycles. The molecule has 0 N–H and O–H groups in total. The van der Waals surface area contributed by atoms with Crippen LogP contribution in [0.25, 0.3) is 0 Å². The van der Waals surface area contributed by atoms with Crippen LogP contribution in [0.15, 0.2) is 0 Å². The molecule has 0 bridgehead atoms. The Kier molecular flexibility index (Phi) is 7.42. The summed E-state index contributed by atoms with van der Waals surface area (Å²) in [5.41, 5.74) is 0. The van der Waals surface area contributed by atoms with Crippen LogP contribution in [-0.2, 0) is 33.6 Å². The highest BCUT2D eigenvalue weighted by Crippen LogP contribution is 2.19. The molecule has 1 amide bonds. The third-order valence-corrected chi connectivity index (χ3v) is 6.55. The van der Waals surface area contributed by atoms with Gasteiger partial charge < -0.3 is 19.1 Å². The Bertz CT molecular complexity index is 600. The van der Waals surface area contributed by atoms with Gasteiger partial charge in [-0.2, -0.15) is 0 Å². The highest BCUT2D eigenvalue weighted by atomic mass is 32.2. The predicted molar refractivity (Wildman–Crippen MR) is 94.4 cm³/mol. The molecule has 2 saturated heterocycles. The molecule has 8 nitrogen and oxygen atoms in total. The fraction of sp³-hybridized carbons (Fsp3) is 0.882. The Labute approximate surface area is 155 Å². The molecule has 0 aliphatic carbocycles. The zero-order valence-electron chi connectivity index (χ0n) is 15.7. The summed E-state index contributed by atoms with van der Waals surface area (Å²) in [6.45, 7) is 6.26. The van der Waals surface area contributed by atoms with E-state index in [0.29, 0.717) is 26.2 Å². The molecule has 0 saturated carbocycles. The van der Waals surface area contributed by atoms with E-state index < -0.39 is 28.0 Å². The molecule has 26 heavy (non-hydrogen) atoms. The normalized spacial score (nSPS) is 27.0. The van der Waals surface area contributed by atoms with Gasteiger partial charge in [0.15, 0.2) is 22.0 Å². The molecule has 0 aromatic rings. The number of amides is 1. The number of hydrogen-bond acceptors (Lipinski definition) is 7. The maximum absolute atomic E-state index is 12.6. The van der Waals surface area contributed by atoms with Crippen LogP contribution in [0.4, 0.5) is 0 Å². The number of carbonyl (C=O) groups excluding carboxylic acids is 2. The zero-order chi connectivity index (χ0) is 19.3. The van der Waals surface area contributed by atoms with E-state index in [1.807, 2.05) is 0 Å². The Morgan fingerprint density at radius 3 is 2.50 bits per heavy atom. The number of hydrogen-bond donors (Lipinski definition) is 0. The Balaban J connectivity index is 1.83. The third-order valence-electron chi connectivity index (χ3n) is 4.80. The van der Waals surface area contributed by atoms with Crippen molar-refractivity contribution in [1.82, 2.24) is 4.90 Å². The van der Waals surface area contributed by atoms with Crippen molar-refractivity contribution < 1.29 is 32.2 Å². The second-order valence-corrected chi connectivity index (χ2v) is 9.10. The van der Waals surface area contributed by atoms with Crippen LogP contribution in [-0.4, -0.2) is 80.8 Å². The smallest absolute Gasteiger partial charge is 0.335 e. The Morgan fingerprint density at radius 1 is 1.23 bits per heavy atom. The van der Waals surface area contributed by atoms with Crippen LogP contribution in [0, 0.1) is 0 Å². The van der Waals surface area contributed by atoms with Gasteiger partial charge in [-0.15, -0.1) is 0 Å². The molecule has 2 aliphatic heterocycles. The van der Waals surface area contributed by atoms with Crippen LogP contribution in [0.5, 0.6) is 0 Å². The molecular weight excluding hydrogens is 362 g/mol. The largest absolute Gasteiger partial charge is 0.451 e. The minimum Gasteiger partial charge on any atom is -0.451 e. The molecule has 150 valence electrons. The van der Waals surface area contributed by atoms with Gasteiger partial charge in [0.2, 0.25) is 0 Å². The standard InChI is InChI=1S/C17H29NO7S/c1-4-18(14-7-9-26(21,22)11-14)16(19)12(2)25-17(20)13(3)24-10-15-6-5-8-23-15/h12-15H,4-11H2,1-3H3. The first-order valence-electron chi connectivity index (χ1n) is 9.18. The summed E-state index contributed by atoms with van der Waals surface area (Å²) in [5.74, 6) is -0.939. The molecule has 0 radical (unpaired) electrons. The molecule has 0 aromatic heterocycles. The lowest BCUT2D eigenvalue weighted by Crippen LogP contribution is -2.47. The van der Waals surface area contributed by atoms with Crippen LogP contribution >= 0.6 is 0 Å². The van der Waals surface area contributed by atoms with Gasteiger partial charge in [0.1, 0.15) is 0 Å². The van der Waals surface area contributed by atoms with Crippen molar-refractivity contribution in [3.05, 3.63) is 0 Å². The monoisotopic (exact) mass is 391 g/mol. The zero-order valence-corrected chi connectivity index (χ0v) is 16.5. The van der Waals surface area contributed by atoms with E-state index in [4.69, 9.17) is 14.2 Å². The van der Waals surface area contributed by atoms with Gasteiger partial charge in [-0.05, 0) is 40.0 Å². The summed E-state index contributed by atoms with van der Waals surface area (Å²) in [6.07, 6.45) is 0.540. The van der Waals surface area contributed by atoms with E-state index in [2.05, 4.69) is 0 Å². The first kappa shape index (κ1) is 21.1. The molecule has 9 heteroatoms. The van der Waals surface area contributed by atoms with Gasteiger partial charge in [0.25, 0.3) is 5.91 Å². The van der Waals surface area contributed by atoms with E-state index in [9.17, 15) is 18.0 Å². The van der Waals surface area contributed by atoms with Crippen molar-refractivity contribution in [2.24, 2.45) is 0 Å². The molecule has 2 aliphatic rings. The number of sulfone groups is 1. The Hall–Kier alpha value is -1.19. The second kappa shape index (κ2) is 9.14.